The first-order valence-corrected chi connectivity index (χ1v) is 8.78. The lowest BCUT2D eigenvalue weighted by Gasteiger charge is -2.16. The zero-order valence-electron chi connectivity index (χ0n) is 14.7. The Labute approximate surface area is 155 Å². The van der Waals surface area contributed by atoms with E-state index in [1.165, 1.54) is 4.57 Å². The number of rotatable bonds is 6. The highest BCUT2D eigenvalue weighted by molar-refractivity contribution is 5.91. The number of aryl methyl sites for hydroxylation is 1. The van der Waals surface area contributed by atoms with Crippen LogP contribution in [0.1, 0.15) is 16.9 Å². The average Bonchev–Trinajstić information content (AvgIpc) is 3.36. The Bertz CT molecular complexity index is 983. The second-order valence-electron chi connectivity index (χ2n) is 6.20. The summed E-state index contributed by atoms with van der Waals surface area (Å²) in [5.74, 6) is -0.0329. The molecule has 3 heterocycles. The van der Waals surface area contributed by atoms with Gasteiger partial charge in [0.25, 0.3) is 11.5 Å². The lowest BCUT2D eigenvalue weighted by molar-refractivity contribution is 0.0944. The lowest BCUT2D eigenvalue weighted by Crippen LogP contribution is -2.35. The van der Waals surface area contributed by atoms with Gasteiger partial charge in [0.15, 0.2) is 0 Å². The molecule has 0 unspecified atom stereocenters. The van der Waals surface area contributed by atoms with Crippen molar-refractivity contribution < 1.29 is 4.79 Å². The Morgan fingerprint density at radius 1 is 1.15 bits per heavy atom. The molecule has 0 atom stereocenters. The standard InChI is InChI=1S/C18H19N7O2/c26-16(20-7-4-9-23-10-8-19-13-23)15-17(27)25-12-11-24(18(25)22-21-15)14-5-2-1-3-6-14/h1-3,5-6,8,10,13H,4,7,9,11-12H2,(H,20,26). The number of anilines is 2. The van der Waals surface area contributed by atoms with Gasteiger partial charge >= 0.3 is 0 Å². The molecule has 0 spiro atoms. The maximum absolute atomic E-state index is 12.7. The van der Waals surface area contributed by atoms with Crippen molar-refractivity contribution in [2.24, 2.45) is 0 Å². The molecule has 1 N–H and O–H groups in total. The van der Waals surface area contributed by atoms with E-state index < -0.39 is 11.5 Å². The molecule has 1 aliphatic rings. The molecule has 1 aromatic carbocycles. The number of amides is 1. The molecule has 0 fully saturated rings. The molecular formula is C18H19N7O2. The monoisotopic (exact) mass is 365 g/mol. The number of hydrogen-bond donors (Lipinski definition) is 1. The van der Waals surface area contributed by atoms with Gasteiger partial charge in [-0.05, 0) is 18.6 Å². The Hall–Kier alpha value is -3.49. The highest BCUT2D eigenvalue weighted by atomic mass is 16.2. The first-order valence-electron chi connectivity index (χ1n) is 8.78. The molecule has 0 bridgehead atoms. The van der Waals surface area contributed by atoms with Crippen molar-refractivity contribution in [1.82, 2.24) is 29.6 Å². The first-order chi connectivity index (χ1) is 13.2. The van der Waals surface area contributed by atoms with Crippen LogP contribution >= 0.6 is 0 Å². The molecule has 0 saturated carbocycles. The van der Waals surface area contributed by atoms with Crippen LogP contribution in [-0.2, 0) is 13.1 Å². The Morgan fingerprint density at radius 3 is 2.78 bits per heavy atom. The summed E-state index contributed by atoms with van der Waals surface area (Å²) in [6.45, 7) is 2.26. The fraction of sp³-hybridized carbons (Fsp3) is 0.278. The highest BCUT2D eigenvalue weighted by Crippen LogP contribution is 2.25. The van der Waals surface area contributed by atoms with Crippen LogP contribution in [0.5, 0.6) is 0 Å². The van der Waals surface area contributed by atoms with Crippen LogP contribution in [0.15, 0.2) is 53.8 Å². The van der Waals surface area contributed by atoms with Gasteiger partial charge in [-0.3, -0.25) is 14.2 Å². The van der Waals surface area contributed by atoms with E-state index in [-0.39, 0.29) is 5.69 Å². The second kappa shape index (κ2) is 7.40. The summed E-state index contributed by atoms with van der Waals surface area (Å²) in [6.07, 6.45) is 6.01. The minimum atomic E-state index is -0.494. The normalized spacial score (nSPS) is 12.8. The van der Waals surface area contributed by atoms with Gasteiger partial charge in [-0.15, -0.1) is 10.2 Å². The van der Waals surface area contributed by atoms with E-state index in [0.29, 0.717) is 25.6 Å². The van der Waals surface area contributed by atoms with Crippen molar-refractivity contribution in [2.45, 2.75) is 19.5 Å². The van der Waals surface area contributed by atoms with Gasteiger partial charge in [0, 0.05) is 44.3 Å². The molecule has 9 heteroatoms. The van der Waals surface area contributed by atoms with Crippen LogP contribution in [0, 0.1) is 0 Å². The molecular weight excluding hydrogens is 346 g/mol. The van der Waals surface area contributed by atoms with Crippen LogP contribution in [0.2, 0.25) is 0 Å². The van der Waals surface area contributed by atoms with E-state index in [4.69, 9.17) is 0 Å². The van der Waals surface area contributed by atoms with Gasteiger partial charge in [0.1, 0.15) is 0 Å². The van der Waals surface area contributed by atoms with Crippen molar-refractivity contribution in [3.05, 3.63) is 65.1 Å². The van der Waals surface area contributed by atoms with E-state index in [1.54, 1.807) is 12.5 Å². The number of fused-ring (bicyclic) bond motifs is 1. The summed E-state index contributed by atoms with van der Waals surface area (Å²) in [4.78, 5) is 30.9. The third-order valence-corrected chi connectivity index (χ3v) is 4.44. The minimum absolute atomic E-state index is 0.170. The van der Waals surface area contributed by atoms with Gasteiger partial charge in [-0.1, -0.05) is 18.2 Å². The van der Waals surface area contributed by atoms with E-state index in [2.05, 4.69) is 20.5 Å². The summed E-state index contributed by atoms with van der Waals surface area (Å²) in [7, 11) is 0. The number of carbonyl (C=O) groups is 1. The molecule has 0 radical (unpaired) electrons. The molecule has 1 amide bonds. The fourth-order valence-corrected chi connectivity index (χ4v) is 3.07. The maximum Gasteiger partial charge on any atom is 0.286 e. The third kappa shape index (κ3) is 3.43. The number of hydrogen-bond acceptors (Lipinski definition) is 6. The van der Waals surface area contributed by atoms with E-state index in [1.807, 2.05) is 46.0 Å². The molecule has 0 aliphatic carbocycles. The SMILES string of the molecule is O=C(NCCCn1ccnc1)c1nnc2n(c1=O)CCN2c1ccccc1. The van der Waals surface area contributed by atoms with Crippen molar-refractivity contribution in [2.75, 3.05) is 18.0 Å². The van der Waals surface area contributed by atoms with Crippen molar-refractivity contribution in [3.63, 3.8) is 0 Å². The highest BCUT2D eigenvalue weighted by Gasteiger charge is 2.26. The summed E-state index contributed by atoms with van der Waals surface area (Å²) in [5.41, 5.74) is 0.357. The molecule has 1 aliphatic heterocycles. The zero-order chi connectivity index (χ0) is 18.6. The number of carbonyl (C=O) groups excluding carboxylic acids is 1. The number of imidazole rings is 1. The predicted octanol–water partition coefficient (Wildman–Crippen LogP) is 0.807. The van der Waals surface area contributed by atoms with E-state index in [9.17, 15) is 9.59 Å². The summed E-state index contributed by atoms with van der Waals surface area (Å²) >= 11 is 0. The van der Waals surface area contributed by atoms with Gasteiger partial charge in [-0.25, -0.2) is 4.98 Å². The van der Waals surface area contributed by atoms with Gasteiger partial charge in [0.05, 0.1) is 6.33 Å². The van der Waals surface area contributed by atoms with Crippen LogP contribution in [0.25, 0.3) is 0 Å². The molecule has 9 nitrogen and oxygen atoms in total. The summed E-state index contributed by atoms with van der Waals surface area (Å²) in [5, 5.41) is 10.8. The number of benzene rings is 1. The molecule has 0 saturated heterocycles. The van der Waals surface area contributed by atoms with Crippen LogP contribution in [0.4, 0.5) is 11.6 Å². The number of para-hydroxylation sites is 1. The summed E-state index contributed by atoms with van der Waals surface area (Å²) in [6, 6.07) is 9.67. The average molecular weight is 365 g/mol. The van der Waals surface area contributed by atoms with Crippen LogP contribution in [0.3, 0.4) is 0 Å². The van der Waals surface area contributed by atoms with Crippen molar-refractivity contribution >= 4 is 17.5 Å². The Balaban J connectivity index is 1.44. The molecule has 138 valence electrons. The third-order valence-electron chi connectivity index (χ3n) is 4.44. The van der Waals surface area contributed by atoms with Crippen LogP contribution in [-0.4, -0.2) is 43.3 Å². The largest absolute Gasteiger partial charge is 0.350 e. The molecule has 2 aromatic heterocycles. The van der Waals surface area contributed by atoms with Gasteiger partial charge in [-0.2, -0.15) is 0 Å². The topological polar surface area (TPSA) is 97.9 Å². The Kier molecular flexibility index (Phi) is 4.65. The quantitative estimate of drug-likeness (QED) is 0.649. The van der Waals surface area contributed by atoms with E-state index in [0.717, 1.165) is 18.7 Å². The number of aromatic nitrogens is 5. The second-order valence-corrected chi connectivity index (χ2v) is 6.20. The molecule has 4 rings (SSSR count). The fourth-order valence-electron chi connectivity index (χ4n) is 3.07. The number of nitrogens with one attached hydrogen (secondary N) is 1. The van der Waals surface area contributed by atoms with Crippen molar-refractivity contribution in [1.29, 1.82) is 0 Å². The molecule has 27 heavy (non-hydrogen) atoms. The predicted molar refractivity (Wildman–Crippen MR) is 98.9 cm³/mol. The zero-order valence-corrected chi connectivity index (χ0v) is 14.7. The van der Waals surface area contributed by atoms with Crippen LogP contribution < -0.4 is 15.8 Å². The van der Waals surface area contributed by atoms with Crippen molar-refractivity contribution in [3.8, 4) is 0 Å². The maximum atomic E-state index is 12.7. The van der Waals surface area contributed by atoms with Gasteiger partial charge < -0.3 is 14.8 Å². The molecule has 3 aromatic rings. The Morgan fingerprint density at radius 2 is 2.00 bits per heavy atom. The van der Waals surface area contributed by atoms with E-state index >= 15 is 0 Å². The minimum Gasteiger partial charge on any atom is -0.350 e. The number of nitrogens with zero attached hydrogens (tertiary/aromatic N) is 6. The lowest BCUT2D eigenvalue weighted by atomic mass is 10.3. The smallest absolute Gasteiger partial charge is 0.286 e. The van der Waals surface area contributed by atoms with Gasteiger partial charge in [0.2, 0.25) is 11.6 Å². The summed E-state index contributed by atoms with van der Waals surface area (Å²) < 4.78 is 3.43. The first kappa shape index (κ1) is 17.0.